The predicted octanol–water partition coefficient (Wildman–Crippen LogP) is 3.39. The van der Waals surface area contributed by atoms with Crippen LogP contribution in [0.25, 0.3) is 5.70 Å². The number of aromatic nitrogens is 2. The van der Waals surface area contributed by atoms with Gasteiger partial charge in [-0.3, -0.25) is 4.68 Å². The first-order valence-corrected chi connectivity index (χ1v) is 10.1. The van der Waals surface area contributed by atoms with Crippen molar-refractivity contribution in [3.05, 3.63) is 57.9 Å². The van der Waals surface area contributed by atoms with Gasteiger partial charge in [0.1, 0.15) is 0 Å². The van der Waals surface area contributed by atoms with Gasteiger partial charge in [-0.1, -0.05) is 20.4 Å². The molecule has 1 aromatic heterocycles. The average Bonchev–Trinajstić information content (AvgIpc) is 2.97. The molecule has 2 aromatic rings. The van der Waals surface area contributed by atoms with Crippen molar-refractivity contribution in [3.63, 3.8) is 0 Å². The van der Waals surface area contributed by atoms with Gasteiger partial charge in [-0.2, -0.15) is 11.0 Å². The quantitative estimate of drug-likeness (QED) is 0.461. The molecule has 0 amide bonds. The highest BCUT2D eigenvalue weighted by Crippen LogP contribution is 2.36. The van der Waals surface area contributed by atoms with Gasteiger partial charge in [0, 0.05) is 30.5 Å². The molecule has 6 nitrogen and oxygen atoms in total. The Morgan fingerprint density at radius 2 is 2.00 bits per heavy atom. The lowest BCUT2D eigenvalue weighted by molar-refractivity contribution is 0.299. The van der Waals surface area contributed by atoms with Gasteiger partial charge in [0.25, 0.3) is 5.90 Å². The van der Waals surface area contributed by atoms with E-state index in [1.807, 2.05) is 37.7 Å². The summed E-state index contributed by atoms with van der Waals surface area (Å²) in [5.74, 6) is 5.89. The highest BCUT2D eigenvalue weighted by molar-refractivity contribution is 5.97. The Balaban J connectivity index is 1.97. The molecule has 0 saturated heterocycles. The Labute approximate surface area is 173 Å². The SMILES string of the molecule is C=C(N=C(ON)c1nn(C)c2c1CCC(C)(C)C2)c1cc(C)c(CCO)c(C)c1. The molecule has 1 aromatic carbocycles. The van der Waals surface area contributed by atoms with Crippen molar-refractivity contribution in [2.24, 2.45) is 23.4 Å². The molecule has 0 fully saturated rings. The minimum atomic E-state index is 0.132. The van der Waals surface area contributed by atoms with Gasteiger partial charge in [0.2, 0.25) is 0 Å². The van der Waals surface area contributed by atoms with E-state index in [1.54, 1.807) is 0 Å². The summed E-state index contributed by atoms with van der Waals surface area (Å²) in [4.78, 5) is 9.76. The number of benzene rings is 1. The summed E-state index contributed by atoms with van der Waals surface area (Å²) < 4.78 is 1.92. The van der Waals surface area contributed by atoms with Crippen LogP contribution in [-0.4, -0.2) is 27.4 Å². The molecule has 0 spiro atoms. The molecule has 6 heteroatoms. The van der Waals surface area contributed by atoms with Gasteiger partial charge >= 0.3 is 0 Å². The van der Waals surface area contributed by atoms with Crippen molar-refractivity contribution in [2.45, 2.75) is 53.4 Å². The third-order valence-electron chi connectivity index (χ3n) is 5.91. The maximum absolute atomic E-state index is 9.28. The molecular weight excluding hydrogens is 364 g/mol. The van der Waals surface area contributed by atoms with E-state index in [2.05, 4.69) is 30.5 Å². The summed E-state index contributed by atoms with van der Waals surface area (Å²) in [6, 6.07) is 4.07. The van der Waals surface area contributed by atoms with Crippen LogP contribution in [-0.2, 0) is 31.1 Å². The molecular formula is C23H32N4O2. The van der Waals surface area contributed by atoms with E-state index in [9.17, 15) is 5.11 Å². The molecule has 0 bridgehead atoms. The lowest BCUT2D eigenvalue weighted by Crippen LogP contribution is -2.24. The fraction of sp³-hybridized carbons (Fsp3) is 0.478. The minimum Gasteiger partial charge on any atom is -0.396 e. The van der Waals surface area contributed by atoms with Crippen molar-refractivity contribution in [2.75, 3.05) is 6.61 Å². The molecule has 3 N–H and O–H groups in total. The number of aryl methyl sites for hydroxylation is 3. The summed E-state index contributed by atoms with van der Waals surface area (Å²) in [7, 11) is 1.96. The fourth-order valence-corrected chi connectivity index (χ4v) is 4.25. The second-order valence-electron chi connectivity index (χ2n) is 8.78. The van der Waals surface area contributed by atoms with Gasteiger partial charge in [-0.15, -0.1) is 0 Å². The average molecular weight is 397 g/mol. The van der Waals surface area contributed by atoms with Gasteiger partial charge in [0.15, 0.2) is 5.69 Å². The number of nitrogens with two attached hydrogens (primary N) is 1. The third-order valence-corrected chi connectivity index (χ3v) is 5.91. The predicted molar refractivity (Wildman–Crippen MR) is 117 cm³/mol. The summed E-state index contributed by atoms with van der Waals surface area (Å²) in [5, 5.41) is 13.9. The Morgan fingerprint density at radius 3 is 2.59 bits per heavy atom. The zero-order chi connectivity index (χ0) is 21.3. The molecule has 156 valence electrons. The number of rotatable bonds is 5. The molecule has 0 atom stereocenters. The highest BCUT2D eigenvalue weighted by atomic mass is 16.6. The van der Waals surface area contributed by atoms with Gasteiger partial charge in [-0.05, 0) is 73.8 Å². The number of aliphatic hydroxyl groups excluding tert-OH is 1. The minimum absolute atomic E-state index is 0.132. The number of hydrogen-bond acceptors (Lipinski definition) is 5. The molecule has 0 radical (unpaired) electrons. The summed E-state index contributed by atoms with van der Waals surface area (Å²) in [5.41, 5.74) is 8.19. The van der Waals surface area contributed by atoms with Gasteiger partial charge in [0.05, 0.1) is 5.70 Å². The molecule has 29 heavy (non-hydrogen) atoms. The monoisotopic (exact) mass is 396 g/mol. The standard InChI is InChI=1S/C23H32N4O2/c1-14-11-17(12-15(2)18(14)8-10-28)16(3)25-22(29-24)21-19-7-9-23(4,5)13-20(19)27(6)26-21/h11-12,28H,3,7-10,13,24H2,1-2,4-6H3. The largest absolute Gasteiger partial charge is 0.396 e. The van der Waals surface area contributed by atoms with Gasteiger partial charge in [-0.25, -0.2) is 4.99 Å². The van der Waals surface area contributed by atoms with Crippen molar-refractivity contribution >= 4 is 11.6 Å². The van der Waals surface area contributed by atoms with E-state index in [4.69, 9.17) is 10.7 Å². The van der Waals surface area contributed by atoms with E-state index in [0.29, 0.717) is 23.7 Å². The summed E-state index contributed by atoms with van der Waals surface area (Å²) in [6.45, 7) is 12.9. The van der Waals surface area contributed by atoms with E-state index < -0.39 is 0 Å². The first kappa shape index (κ1) is 21.3. The number of hydrogen-bond donors (Lipinski definition) is 2. The maximum atomic E-state index is 9.28. The summed E-state index contributed by atoms with van der Waals surface area (Å²) in [6.07, 6.45) is 3.62. The molecule has 1 heterocycles. The first-order chi connectivity index (χ1) is 13.7. The maximum Gasteiger partial charge on any atom is 0.266 e. The molecule has 3 rings (SSSR count). The zero-order valence-corrected chi connectivity index (χ0v) is 18.2. The van der Waals surface area contributed by atoms with E-state index in [-0.39, 0.29) is 12.0 Å². The zero-order valence-electron chi connectivity index (χ0n) is 18.2. The molecule has 0 unspecified atom stereocenters. The number of nitrogens with zero attached hydrogens (tertiary/aromatic N) is 3. The van der Waals surface area contributed by atoms with Gasteiger partial charge < -0.3 is 9.94 Å². The topological polar surface area (TPSA) is 85.7 Å². The molecule has 1 aliphatic rings. The number of aliphatic imine (C=N–C) groups is 1. The van der Waals surface area contributed by atoms with E-state index in [0.717, 1.165) is 47.1 Å². The normalized spacial score (nSPS) is 15.9. The Hall–Kier alpha value is -2.44. The fourth-order valence-electron chi connectivity index (χ4n) is 4.25. The van der Waals surface area contributed by atoms with Crippen LogP contribution in [0, 0.1) is 19.3 Å². The van der Waals surface area contributed by atoms with Crippen LogP contribution in [0.15, 0.2) is 23.7 Å². The van der Waals surface area contributed by atoms with Crippen molar-refractivity contribution in [1.82, 2.24) is 9.78 Å². The first-order valence-electron chi connectivity index (χ1n) is 10.1. The number of fused-ring (bicyclic) bond motifs is 1. The number of aliphatic hydroxyl groups is 1. The Bertz CT molecular complexity index is 946. The smallest absolute Gasteiger partial charge is 0.266 e. The summed E-state index contributed by atoms with van der Waals surface area (Å²) >= 11 is 0. The van der Waals surface area contributed by atoms with Crippen LogP contribution >= 0.6 is 0 Å². The van der Waals surface area contributed by atoms with Crippen molar-refractivity contribution < 1.29 is 9.94 Å². The van der Waals surface area contributed by atoms with Crippen LogP contribution in [0.4, 0.5) is 0 Å². The van der Waals surface area contributed by atoms with Crippen LogP contribution in [0.5, 0.6) is 0 Å². The van der Waals surface area contributed by atoms with Crippen LogP contribution in [0.3, 0.4) is 0 Å². The molecule has 1 aliphatic carbocycles. The molecule has 0 aliphatic heterocycles. The second kappa shape index (κ2) is 8.13. The van der Waals surface area contributed by atoms with E-state index in [1.165, 1.54) is 5.69 Å². The highest BCUT2D eigenvalue weighted by Gasteiger charge is 2.32. The lowest BCUT2D eigenvalue weighted by Gasteiger charge is -2.29. The van der Waals surface area contributed by atoms with E-state index >= 15 is 0 Å². The molecule has 0 saturated carbocycles. The van der Waals surface area contributed by atoms with Crippen LogP contribution in [0.1, 0.15) is 59.5 Å². The Kier molecular flexibility index (Phi) is 5.96. The van der Waals surface area contributed by atoms with Crippen LogP contribution in [0.2, 0.25) is 0 Å². The Morgan fingerprint density at radius 1 is 1.34 bits per heavy atom. The second-order valence-corrected chi connectivity index (χ2v) is 8.78. The lowest BCUT2D eigenvalue weighted by atomic mass is 9.76. The third kappa shape index (κ3) is 4.28. The van der Waals surface area contributed by atoms with Crippen molar-refractivity contribution in [3.8, 4) is 0 Å². The van der Waals surface area contributed by atoms with Crippen molar-refractivity contribution in [1.29, 1.82) is 0 Å². The van der Waals surface area contributed by atoms with Crippen LogP contribution < -0.4 is 5.90 Å².